The number of rotatable bonds is 5. The Hall–Kier alpha value is -1.45. The van der Waals surface area contributed by atoms with Crippen molar-refractivity contribution in [3.8, 4) is 0 Å². The van der Waals surface area contributed by atoms with E-state index in [-0.39, 0.29) is 0 Å². The Balaban J connectivity index is 1.95. The lowest BCUT2D eigenvalue weighted by atomic mass is 10.3. The summed E-state index contributed by atoms with van der Waals surface area (Å²) in [6.07, 6.45) is 3.27. The number of alkyl halides is 1. The molecule has 104 valence electrons. The molecule has 3 aromatic rings. The Morgan fingerprint density at radius 2 is 2.10 bits per heavy atom. The van der Waals surface area contributed by atoms with E-state index in [1.165, 1.54) is 0 Å². The zero-order valence-electron chi connectivity index (χ0n) is 10.9. The lowest BCUT2D eigenvalue weighted by molar-refractivity contribution is 0.490. The monoisotopic (exact) mass is 308 g/mol. The van der Waals surface area contributed by atoms with Gasteiger partial charge in [-0.05, 0) is 30.3 Å². The van der Waals surface area contributed by atoms with E-state index in [1.807, 2.05) is 30.3 Å². The van der Waals surface area contributed by atoms with E-state index in [0.29, 0.717) is 10.9 Å². The van der Waals surface area contributed by atoms with Crippen LogP contribution in [0.3, 0.4) is 0 Å². The van der Waals surface area contributed by atoms with Crippen LogP contribution in [0.1, 0.15) is 11.6 Å². The summed E-state index contributed by atoms with van der Waals surface area (Å²) in [5.41, 5.74) is 2.00. The number of fused-ring (bicyclic) bond motifs is 1. The van der Waals surface area contributed by atoms with Crippen molar-refractivity contribution in [3.05, 3.63) is 53.2 Å². The maximum absolute atomic E-state index is 6.03. The lowest BCUT2D eigenvalue weighted by Crippen LogP contribution is -2.06. The van der Waals surface area contributed by atoms with E-state index in [0.717, 1.165) is 42.0 Å². The highest BCUT2D eigenvalue weighted by Gasteiger charge is 2.11. The van der Waals surface area contributed by atoms with Gasteiger partial charge in [-0.1, -0.05) is 11.6 Å². The summed E-state index contributed by atoms with van der Waals surface area (Å²) in [6, 6.07) is 9.67. The maximum Gasteiger partial charge on any atom is 0.111 e. The summed E-state index contributed by atoms with van der Waals surface area (Å²) in [5, 5.41) is 0.700. The van der Waals surface area contributed by atoms with E-state index >= 15 is 0 Å². The normalized spacial score (nSPS) is 11.3. The fourth-order valence-electron chi connectivity index (χ4n) is 2.35. The molecule has 5 heteroatoms. The zero-order valence-corrected chi connectivity index (χ0v) is 12.4. The second kappa shape index (κ2) is 5.90. The summed E-state index contributed by atoms with van der Waals surface area (Å²) in [5.74, 6) is 2.51. The first-order chi connectivity index (χ1) is 9.78. The molecule has 0 atom stereocenters. The van der Waals surface area contributed by atoms with Crippen LogP contribution in [0.15, 0.2) is 41.0 Å². The van der Waals surface area contributed by atoms with Crippen LogP contribution in [-0.4, -0.2) is 15.4 Å². The molecule has 0 amide bonds. The van der Waals surface area contributed by atoms with Crippen molar-refractivity contribution in [1.29, 1.82) is 0 Å². The van der Waals surface area contributed by atoms with Crippen LogP contribution in [-0.2, 0) is 19.4 Å². The van der Waals surface area contributed by atoms with Crippen LogP contribution in [0.4, 0.5) is 0 Å². The van der Waals surface area contributed by atoms with Crippen molar-refractivity contribution in [3.63, 3.8) is 0 Å². The van der Waals surface area contributed by atoms with E-state index < -0.39 is 0 Å². The van der Waals surface area contributed by atoms with E-state index in [1.54, 1.807) is 6.26 Å². The molecule has 0 aliphatic carbocycles. The van der Waals surface area contributed by atoms with E-state index in [9.17, 15) is 0 Å². The predicted octanol–water partition coefficient (Wildman–Crippen LogP) is 4.31. The third-order valence-corrected chi connectivity index (χ3v) is 3.69. The Morgan fingerprint density at radius 3 is 2.85 bits per heavy atom. The van der Waals surface area contributed by atoms with Crippen molar-refractivity contribution in [1.82, 2.24) is 9.55 Å². The van der Waals surface area contributed by atoms with Crippen LogP contribution in [0.25, 0.3) is 11.0 Å². The number of aryl methyl sites for hydroxylation is 3. The van der Waals surface area contributed by atoms with Crippen molar-refractivity contribution >= 4 is 34.2 Å². The summed E-state index contributed by atoms with van der Waals surface area (Å²) in [7, 11) is 0. The van der Waals surface area contributed by atoms with Crippen molar-refractivity contribution in [2.45, 2.75) is 19.4 Å². The molecule has 0 saturated heterocycles. The van der Waals surface area contributed by atoms with Crippen LogP contribution in [0.5, 0.6) is 0 Å². The number of imidazole rings is 1. The van der Waals surface area contributed by atoms with Gasteiger partial charge in [0, 0.05) is 30.3 Å². The minimum Gasteiger partial charge on any atom is -0.469 e. The van der Waals surface area contributed by atoms with Gasteiger partial charge in [-0.15, -0.1) is 11.6 Å². The SMILES string of the molecule is ClCCc1nc2cc(Cl)ccc2n1CCc1ccco1. The van der Waals surface area contributed by atoms with Gasteiger partial charge in [-0.2, -0.15) is 0 Å². The third kappa shape index (κ3) is 2.69. The fraction of sp³-hybridized carbons (Fsp3) is 0.267. The van der Waals surface area contributed by atoms with Crippen LogP contribution in [0, 0.1) is 0 Å². The summed E-state index contributed by atoms with van der Waals surface area (Å²) in [4.78, 5) is 4.63. The molecule has 20 heavy (non-hydrogen) atoms. The molecule has 3 rings (SSSR count). The van der Waals surface area contributed by atoms with E-state index in [4.69, 9.17) is 27.6 Å². The molecule has 2 aromatic heterocycles. The molecule has 0 bridgehead atoms. The zero-order chi connectivity index (χ0) is 13.9. The van der Waals surface area contributed by atoms with Crippen LogP contribution >= 0.6 is 23.2 Å². The van der Waals surface area contributed by atoms with Gasteiger partial charge in [0.05, 0.1) is 17.3 Å². The molecule has 0 fully saturated rings. The van der Waals surface area contributed by atoms with Crippen LogP contribution in [0.2, 0.25) is 5.02 Å². The van der Waals surface area contributed by atoms with Gasteiger partial charge >= 0.3 is 0 Å². The molecule has 1 aromatic carbocycles. The Kier molecular flexibility index (Phi) is 3.99. The van der Waals surface area contributed by atoms with Gasteiger partial charge in [0.1, 0.15) is 11.6 Å². The second-order valence-electron chi connectivity index (χ2n) is 4.58. The van der Waals surface area contributed by atoms with Gasteiger partial charge in [0.25, 0.3) is 0 Å². The minimum absolute atomic E-state index is 0.553. The first-order valence-corrected chi connectivity index (χ1v) is 7.42. The van der Waals surface area contributed by atoms with Gasteiger partial charge in [-0.3, -0.25) is 0 Å². The molecular formula is C15H14Cl2N2O. The van der Waals surface area contributed by atoms with Gasteiger partial charge in [0.15, 0.2) is 0 Å². The quantitative estimate of drug-likeness (QED) is 0.658. The number of furan rings is 1. The second-order valence-corrected chi connectivity index (χ2v) is 5.40. The van der Waals surface area contributed by atoms with E-state index in [2.05, 4.69) is 9.55 Å². The predicted molar refractivity (Wildman–Crippen MR) is 81.6 cm³/mol. The summed E-state index contributed by atoms with van der Waals surface area (Å²) >= 11 is 11.9. The van der Waals surface area contributed by atoms with Crippen molar-refractivity contribution in [2.75, 3.05) is 5.88 Å². The number of benzene rings is 1. The molecule has 0 saturated carbocycles. The maximum atomic E-state index is 6.03. The van der Waals surface area contributed by atoms with Gasteiger partial charge in [-0.25, -0.2) is 4.98 Å². The van der Waals surface area contributed by atoms with Gasteiger partial charge in [0.2, 0.25) is 0 Å². The largest absolute Gasteiger partial charge is 0.469 e. The highest BCUT2D eigenvalue weighted by molar-refractivity contribution is 6.31. The molecule has 2 heterocycles. The average molecular weight is 309 g/mol. The third-order valence-electron chi connectivity index (χ3n) is 3.27. The smallest absolute Gasteiger partial charge is 0.111 e. The standard InChI is InChI=1S/C15H14Cl2N2O/c16-7-5-15-18-13-10-11(17)3-4-14(13)19(15)8-6-12-2-1-9-20-12/h1-4,9-10H,5-8H2. The van der Waals surface area contributed by atoms with Crippen molar-refractivity contribution in [2.24, 2.45) is 0 Å². The van der Waals surface area contributed by atoms with Crippen molar-refractivity contribution < 1.29 is 4.42 Å². The Bertz CT molecular complexity index is 704. The molecule has 0 aliphatic heterocycles. The number of hydrogen-bond acceptors (Lipinski definition) is 2. The highest BCUT2D eigenvalue weighted by atomic mass is 35.5. The average Bonchev–Trinajstić information content (AvgIpc) is 3.04. The Morgan fingerprint density at radius 1 is 1.20 bits per heavy atom. The summed E-state index contributed by atoms with van der Waals surface area (Å²) in [6.45, 7) is 0.817. The number of hydrogen-bond donors (Lipinski definition) is 0. The summed E-state index contributed by atoms with van der Waals surface area (Å²) < 4.78 is 7.57. The number of nitrogens with zero attached hydrogens (tertiary/aromatic N) is 2. The molecule has 0 aliphatic rings. The lowest BCUT2D eigenvalue weighted by Gasteiger charge is -2.07. The first kappa shape index (κ1) is 13.5. The van der Waals surface area contributed by atoms with Gasteiger partial charge < -0.3 is 8.98 Å². The minimum atomic E-state index is 0.553. The molecule has 0 spiro atoms. The molecule has 3 nitrogen and oxygen atoms in total. The molecule has 0 unspecified atom stereocenters. The number of aromatic nitrogens is 2. The molecular weight excluding hydrogens is 295 g/mol. The Labute approximate surface area is 127 Å². The topological polar surface area (TPSA) is 31.0 Å². The molecule has 0 radical (unpaired) electrons. The number of halogens is 2. The first-order valence-electron chi connectivity index (χ1n) is 6.51. The molecule has 0 N–H and O–H groups in total. The van der Waals surface area contributed by atoms with Crippen LogP contribution < -0.4 is 0 Å². The highest BCUT2D eigenvalue weighted by Crippen LogP contribution is 2.21. The fourth-order valence-corrected chi connectivity index (χ4v) is 2.69.